The first-order chi connectivity index (χ1) is 31.8. The number of rotatable bonds is 7. The summed E-state index contributed by atoms with van der Waals surface area (Å²) in [7, 11) is -3.03. The van der Waals surface area contributed by atoms with Crippen molar-refractivity contribution < 1.29 is 0 Å². The van der Waals surface area contributed by atoms with E-state index in [1.165, 1.54) is 101 Å². The summed E-state index contributed by atoms with van der Waals surface area (Å²) in [5, 5.41) is 13.2. The number of benzene rings is 10. The van der Waals surface area contributed by atoms with Crippen LogP contribution in [0.15, 0.2) is 243 Å². The number of hydrogen-bond acceptors (Lipinski definition) is 1. The molecular weight excluding hydrogens is 809 g/mol. The molecule has 0 aliphatic rings. The predicted octanol–water partition coefficient (Wildman–Crippen LogP) is 13.3. The molecular formula is C60H40N2SSi. The lowest BCUT2D eigenvalue weighted by molar-refractivity contribution is 1.17. The Kier molecular flexibility index (Phi) is 8.45. The molecule has 64 heavy (non-hydrogen) atoms. The number of aromatic nitrogens is 2. The van der Waals surface area contributed by atoms with E-state index >= 15 is 0 Å². The van der Waals surface area contributed by atoms with Crippen LogP contribution in [-0.2, 0) is 0 Å². The fraction of sp³-hybridized carbons (Fsp3) is 0. The van der Waals surface area contributed by atoms with Gasteiger partial charge in [0.05, 0.1) is 27.8 Å². The summed E-state index contributed by atoms with van der Waals surface area (Å²) in [4.78, 5) is 0. The van der Waals surface area contributed by atoms with Gasteiger partial charge in [0.2, 0.25) is 0 Å². The van der Waals surface area contributed by atoms with E-state index < -0.39 is 8.07 Å². The molecule has 10 aromatic carbocycles. The molecule has 2 nitrogen and oxygen atoms in total. The molecule has 0 radical (unpaired) electrons. The lowest BCUT2D eigenvalue weighted by Crippen LogP contribution is -2.74. The van der Waals surface area contributed by atoms with Gasteiger partial charge in [0.1, 0.15) is 0 Å². The highest BCUT2D eigenvalue weighted by Gasteiger charge is 2.43. The summed E-state index contributed by atoms with van der Waals surface area (Å²) >= 11 is 1.89. The zero-order valence-corrected chi connectivity index (χ0v) is 36.7. The monoisotopic (exact) mass is 848 g/mol. The molecule has 0 atom stereocenters. The Balaban J connectivity index is 1.13. The van der Waals surface area contributed by atoms with Gasteiger partial charge in [-0.25, -0.2) is 0 Å². The third-order valence-electron chi connectivity index (χ3n) is 13.5. The molecule has 0 N–H and O–H groups in total. The molecule has 4 heteroatoms. The topological polar surface area (TPSA) is 9.86 Å². The minimum Gasteiger partial charge on any atom is -0.309 e. The van der Waals surface area contributed by atoms with Gasteiger partial charge in [0.25, 0.3) is 0 Å². The van der Waals surface area contributed by atoms with Gasteiger partial charge in [-0.2, -0.15) is 0 Å². The van der Waals surface area contributed by atoms with Crippen molar-refractivity contribution in [3.8, 4) is 22.5 Å². The average molecular weight is 849 g/mol. The van der Waals surface area contributed by atoms with Crippen LogP contribution < -0.4 is 20.7 Å². The normalized spacial score (nSPS) is 12.1. The molecule has 13 aromatic rings. The van der Waals surface area contributed by atoms with Crippen LogP contribution in [0, 0.1) is 0 Å². The number of fused-ring (bicyclic) bond motifs is 9. The standard InChI is InChI=1S/C60H40N2SSi/c1-4-19-41(20-5-1)42-21-16-22-43(39-42)61-51-30-13-10-28-48(51)59-53(61)32-17-33-54(59)62-52-31-14-11-29-49(52)60-55(62)34-18-36-58(60)64(44-23-6-2-7-24-44,45-25-8-3-9-26-45)46-37-38-57-50(40-46)47-27-12-15-35-56(47)63-57/h1-40H. The van der Waals surface area contributed by atoms with Gasteiger partial charge in [0, 0.05) is 47.4 Å². The third-order valence-corrected chi connectivity index (χ3v) is 19.4. The van der Waals surface area contributed by atoms with Crippen LogP contribution in [-0.4, -0.2) is 17.2 Å². The summed E-state index contributed by atoms with van der Waals surface area (Å²) in [5.74, 6) is 0. The fourth-order valence-corrected chi connectivity index (χ4v) is 16.9. The Morgan fingerprint density at radius 2 is 0.844 bits per heavy atom. The van der Waals surface area contributed by atoms with Gasteiger partial charge >= 0.3 is 0 Å². The van der Waals surface area contributed by atoms with Gasteiger partial charge in [-0.3, -0.25) is 0 Å². The summed E-state index contributed by atoms with van der Waals surface area (Å²) in [6, 6.07) is 90.7. The summed E-state index contributed by atoms with van der Waals surface area (Å²) in [5.41, 5.74) is 9.50. The van der Waals surface area contributed by atoms with E-state index in [9.17, 15) is 0 Å². The van der Waals surface area contributed by atoms with Crippen molar-refractivity contribution in [1.82, 2.24) is 9.13 Å². The van der Waals surface area contributed by atoms with Crippen molar-refractivity contribution >= 4 is 104 Å². The van der Waals surface area contributed by atoms with Gasteiger partial charge in [-0.05, 0) is 86.5 Å². The smallest absolute Gasteiger partial charge is 0.180 e. The number of thiophene rings is 1. The molecule has 0 aliphatic heterocycles. The highest BCUT2D eigenvalue weighted by molar-refractivity contribution is 7.26. The second-order valence-corrected chi connectivity index (χ2v) is 21.6. The highest BCUT2D eigenvalue weighted by atomic mass is 32.1. The minimum atomic E-state index is -3.03. The first-order valence-electron chi connectivity index (χ1n) is 22.0. The van der Waals surface area contributed by atoms with Crippen molar-refractivity contribution in [1.29, 1.82) is 0 Å². The second-order valence-electron chi connectivity index (χ2n) is 16.8. The molecule has 0 aliphatic carbocycles. The van der Waals surface area contributed by atoms with Crippen LogP contribution >= 0.6 is 11.3 Å². The van der Waals surface area contributed by atoms with Gasteiger partial charge in [-0.15, -0.1) is 11.3 Å². The first kappa shape index (κ1) is 36.9. The summed E-state index contributed by atoms with van der Waals surface area (Å²) in [6.07, 6.45) is 0. The zero-order chi connectivity index (χ0) is 42.2. The maximum atomic E-state index is 2.55. The Bertz CT molecular complexity index is 3860. The minimum absolute atomic E-state index is 1.14. The molecule has 300 valence electrons. The average Bonchev–Trinajstić information content (AvgIpc) is 4.03. The van der Waals surface area contributed by atoms with E-state index in [1.54, 1.807) is 0 Å². The molecule has 0 bridgehead atoms. The van der Waals surface area contributed by atoms with E-state index in [-0.39, 0.29) is 0 Å². The second kappa shape index (κ2) is 14.7. The van der Waals surface area contributed by atoms with Gasteiger partial charge in [-0.1, -0.05) is 188 Å². The van der Waals surface area contributed by atoms with E-state index in [1.807, 2.05) is 11.3 Å². The van der Waals surface area contributed by atoms with E-state index in [0.29, 0.717) is 0 Å². The molecule has 3 aromatic heterocycles. The van der Waals surface area contributed by atoms with E-state index in [0.717, 1.165) is 5.69 Å². The van der Waals surface area contributed by atoms with Crippen LogP contribution in [0.2, 0.25) is 0 Å². The predicted molar refractivity (Wildman–Crippen MR) is 277 cm³/mol. The molecule has 0 amide bonds. The summed E-state index contributed by atoms with van der Waals surface area (Å²) in [6.45, 7) is 0. The molecule has 0 saturated carbocycles. The first-order valence-corrected chi connectivity index (χ1v) is 24.8. The molecule has 13 rings (SSSR count). The maximum Gasteiger partial charge on any atom is 0.180 e. The van der Waals surface area contributed by atoms with Gasteiger partial charge in [0.15, 0.2) is 8.07 Å². The van der Waals surface area contributed by atoms with Crippen LogP contribution in [0.3, 0.4) is 0 Å². The Morgan fingerprint density at radius 3 is 1.58 bits per heavy atom. The lowest BCUT2D eigenvalue weighted by atomic mass is 10.1. The third kappa shape index (κ3) is 5.43. The van der Waals surface area contributed by atoms with Crippen LogP contribution in [0.25, 0.3) is 86.3 Å². The molecule has 0 spiro atoms. The van der Waals surface area contributed by atoms with Crippen LogP contribution in [0.1, 0.15) is 0 Å². The maximum absolute atomic E-state index is 3.03. The van der Waals surface area contributed by atoms with Crippen molar-refractivity contribution in [2.24, 2.45) is 0 Å². The van der Waals surface area contributed by atoms with E-state index in [2.05, 4.69) is 252 Å². The SMILES string of the molecule is c1ccc(-c2cccc(-n3c4ccccc4c4c(-n5c6ccccc6c6c([Si](c7ccccc7)(c7ccccc7)c7ccc8sc9ccccc9c8c7)cccc65)cccc43)c2)cc1. The van der Waals surface area contributed by atoms with Crippen LogP contribution in [0.4, 0.5) is 0 Å². The zero-order valence-electron chi connectivity index (χ0n) is 34.9. The van der Waals surface area contributed by atoms with Gasteiger partial charge < -0.3 is 9.13 Å². The molecule has 0 saturated heterocycles. The number of para-hydroxylation sites is 2. The van der Waals surface area contributed by atoms with Crippen molar-refractivity contribution in [2.75, 3.05) is 0 Å². The lowest BCUT2D eigenvalue weighted by Gasteiger charge is -2.35. The number of hydrogen-bond donors (Lipinski definition) is 0. The Hall–Kier alpha value is -7.76. The largest absolute Gasteiger partial charge is 0.309 e. The highest BCUT2D eigenvalue weighted by Crippen LogP contribution is 2.41. The molecule has 3 heterocycles. The van der Waals surface area contributed by atoms with E-state index in [4.69, 9.17) is 0 Å². The van der Waals surface area contributed by atoms with Crippen molar-refractivity contribution in [3.05, 3.63) is 243 Å². The summed E-state index contributed by atoms with van der Waals surface area (Å²) < 4.78 is 7.65. The van der Waals surface area contributed by atoms with Crippen molar-refractivity contribution in [2.45, 2.75) is 0 Å². The van der Waals surface area contributed by atoms with Crippen molar-refractivity contribution in [3.63, 3.8) is 0 Å². The Labute approximate surface area is 376 Å². The fourth-order valence-electron chi connectivity index (χ4n) is 10.8. The Morgan fingerprint density at radius 1 is 0.312 bits per heavy atom. The van der Waals surface area contributed by atoms with Crippen LogP contribution in [0.5, 0.6) is 0 Å². The molecule has 0 unspecified atom stereocenters. The quantitative estimate of drug-likeness (QED) is 0.112. The molecule has 0 fully saturated rings. The number of nitrogens with zero attached hydrogens (tertiary/aromatic N) is 2.